The van der Waals surface area contributed by atoms with Gasteiger partial charge < -0.3 is 4.90 Å². The molecule has 1 aromatic heterocycles. The zero-order valence-electron chi connectivity index (χ0n) is 15.9. The van der Waals surface area contributed by atoms with Crippen LogP contribution in [0.2, 0.25) is 5.02 Å². The van der Waals surface area contributed by atoms with E-state index in [-0.39, 0.29) is 5.91 Å². The summed E-state index contributed by atoms with van der Waals surface area (Å²) in [6, 6.07) is 13.5. The van der Waals surface area contributed by atoms with Gasteiger partial charge in [-0.15, -0.1) is 0 Å². The smallest absolute Gasteiger partial charge is 0.261 e. The van der Waals surface area contributed by atoms with E-state index in [0.29, 0.717) is 17.1 Å². The van der Waals surface area contributed by atoms with E-state index in [2.05, 4.69) is 24.0 Å². The molecule has 4 nitrogen and oxygen atoms in total. The Morgan fingerprint density at radius 3 is 2.63 bits per heavy atom. The highest BCUT2D eigenvalue weighted by Gasteiger charge is 2.22. The van der Waals surface area contributed by atoms with Crippen molar-refractivity contribution in [3.63, 3.8) is 0 Å². The number of thiazole rings is 1. The van der Waals surface area contributed by atoms with Crippen LogP contribution in [-0.2, 0) is 6.42 Å². The fourth-order valence-electron chi connectivity index (χ4n) is 2.90. The lowest BCUT2D eigenvalue weighted by atomic mass is 10.2. The van der Waals surface area contributed by atoms with Crippen molar-refractivity contribution in [1.29, 1.82) is 0 Å². The van der Waals surface area contributed by atoms with Gasteiger partial charge in [-0.05, 0) is 63.3 Å². The number of carbonyl (C=O) groups is 1. The Bertz CT molecular complexity index is 938. The van der Waals surface area contributed by atoms with E-state index in [1.807, 2.05) is 32.3 Å². The molecule has 142 valence electrons. The molecule has 0 atom stereocenters. The lowest BCUT2D eigenvalue weighted by Crippen LogP contribution is -2.33. The maximum Gasteiger partial charge on any atom is 0.261 e. The van der Waals surface area contributed by atoms with Crippen LogP contribution in [0.5, 0.6) is 0 Å². The Morgan fingerprint density at radius 1 is 1.15 bits per heavy atom. The molecule has 0 aliphatic carbocycles. The van der Waals surface area contributed by atoms with E-state index in [1.54, 1.807) is 28.4 Å². The summed E-state index contributed by atoms with van der Waals surface area (Å²) in [4.78, 5) is 21.8. The summed E-state index contributed by atoms with van der Waals surface area (Å²) in [7, 11) is 4.06. The number of hydrogen-bond acceptors (Lipinski definition) is 4. The van der Waals surface area contributed by atoms with Crippen LogP contribution in [0.1, 0.15) is 29.3 Å². The molecule has 0 aliphatic heterocycles. The van der Waals surface area contributed by atoms with E-state index in [9.17, 15) is 4.79 Å². The third-order valence-corrected chi connectivity index (χ3v) is 5.79. The summed E-state index contributed by atoms with van der Waals surface area (Å²) in [5, 5.41) is 1.19. The number of nitrogens with zero attached hydrogens (tertiary/aromatic N) is 3. The van der Waals surface area contributed by atoms with Crippen LogP contribution in [0, 0.1) is 0 Å². The van der Waals surface area contributed by atoms with E-state index < -0.39 is 0 Å². The average Bonchev–Trinajstić information content (AvgIpc) is 3.07. The summed E-state index contributed by atoms with van der Waals surface area (Å²) in [6.45, 7) is 3.64. The normalized spacial score (nSPS) is 11.3. The highest BCUT2D eigenvalue weighted by molar-refractivity contribution is 7.22. The van der Waals surface area contributed by atoms with Crippen molar-refractivity contribution in [2.24, 2.45) is 0 Å². The minimum atomic E-state index is -0.103. The molecular formula is C21H24ClN3OS. The second kappa shape index (κ2) is 8.83. The van der Waals surface area contributed by atoms with Gasteiger partial charge in [0.2, 0.25) is 0 Å². The van der Waals surface area contributed by atoms with Crippen LogP contribution >= 0.6 is 22.9 Å². The Morgan fingerprint density at radius 2 is 1.93 bits per heavy atom. The molecule has 27 heavy (non-hydrogen) atoms. The fraction of sp³-hybridized carbons (Fsp3) is 0.333. The van der Waals surface area contributed by atoms with Crippen LogP contribution in [0.25, 0.3) is 10.2 Å². The third-order valence-electron chi connectivity index (χ3n) is 4.42. The van der Waals surface area contributed by atoms with Gasteiger partial charge >= 0.3 is 0 Å². The first kappa shape index (κ1) is 19.8. The number of rotatable bonds is 7. The van der Waals surface area contributed by atoms with Gasteiger partial charge in [0.25, 0.3) is 5.91 Å². The molecule has 0 N–H and O–H groups in total. The Kier molecular flexibility index (Phi) is 6.47. The second-order valence-electron chi connectivity index (χ2n) is 6.75. The summed E-state index contributed by atoms with van der Waals surface area (Å²) < 4.78 is 1.11. The molecule has 0 spiro atoms. The second-order valence-corrected chi connectivity index (χ2v) is 8.16. The molecule has 0 unspecified atom stereocenters. The fourth-order valence-corrected chi connectivity index (χ4v) is 4.17. The summed E-state index contributed by atoms with van der Waals surface area (Å²) in [6.07, 6.45) is 1.84. The number of benzene rings is 2. The first-order chi connectivity index (χ1) is 13.0. The SMILES string of the molecule is CCc1ccc2nc(N(CCCN(C)C)C(=O)c3ccccc3Cl)sc2c1. The zero-order chi connectivity index (χ0) is 19.4. The molecule has 0 fully saturated rings. The number of amides is 1. The number of halogens is 1. The highest BCUT2D eigenvalue weighted by Crippen LogP contribution is 2.31. The molecule has 0 bridgehead atoms. The first-order valence-electron chi connectivity index (χ1n) is 9.10. The van der Waals surface area contributed by atoms with Crippen molar-refractivity contribution in [1.82, 2.24) is 9.88 Å². The topological polar surface area (TPSA) is 36.4 Å². The Hall–Kier alpha value is -1.95. The quantitative estimate of drug-likeness (QED) is 0.551. The van der Waals surface area contributed by atoms with Crippen LogP contribution in [0.4, 0.5) is 5.13 Å². The molecular weight excluding hydrogens is 378 g/mol. The number of carbonyl (C=O) groups excluding carboxylic acids is 1. The van der Waals surface area contributed by atoms with Gasteiger partial charge in [0, 0.05) is 6.54 Å². The molecule has 6 heteroatoms. The van der Waals surface area contributed by atoms with E-state index in [0.717, 1.165) is 34.7 Å². The number of hydrogen-bond donors (Lipinski definition) is 0. The minimum absolute atomic E-state index is 0.103. The largest absolute Gasteiger partial charge is 0.309 e. The van der Waals surface area contributed by atoms with Gasteiger partial charge in [0.05, 0.1) is 20.8 Å². The maximum atomic E-state index is 13.2. The number of aryl methyl sites for hydroxylation is 1. The molecule has 0 saturated carbocycles. The molecule has 3 aromatic rings. The molecule has 0 radical (unpaired) electrons. The van der Waals surface area contributed by atoms with Crippen LogP contribution in [0.3, 0.4) is 0 Å². The number of aromatic nitrogens is 1. The van der Waals surface area contributed by atoms with Crippen LogP contribution < -0.4 is 4.90 Å². The molecule has 0 saturated heterocycles. The highest BCUT2D eigenvalue weighted by atomic mass is 35.5. The Balaban J connectivity index is 1.96. The molecule has 1 amide bonds. The van der Waals surface area contributed by atoms with Gasteiger partial charge in [-0.2, -0.15) is 0 Å². The van der Waals surface area contributed by atoms with Gasteiger partial charge in [0.15, 0.2) is 5.13 Å². The van der Waals surface area contributed by atoms with Gasteiger partial charge in [0.1, 0.15) is 0 Å². The molecule has 3 rings (SSSR count). The molecule has 0 aliphatic rings. The number of fused-ring (bicyclic) bond motifs is 1. The number of anilines is 1. The van der Waals surface area contributed by atoms with Crippen molar-refractivity contribution in [3.8, 4) is 0 Å². The van der Waals surface area contributed by atoms with Gasteiger partial charge in [-0.25, -0.2) is 4.98 Å². The van der Waals surface area contributed by atoms with Crippen molar-refractivity contribution in [2.75, 3.05) is 32.1 Å². The monoisotopic (exact) mass is 401 g/mol. The third kappa shape index (κ3) is 4.67. The molecule has 2 aromatic carbocycles. The van der Waals surface area contributed by atoms with Crippen molar-refractivity contribution >= 4 is 44.2 Å². The standard InChI is InChI=1S/C21H24ClN3OS/c1-4-15-10-11-18-19(14-15)27-21(23-18)25(13-7-12-24(2)3)20(26)16-8-5-6-9-17(16)22/h5-6,8-11,14H,4,7,12-13H2,1-3H3. The van der Waals surface area contributed by atoms with Crippen LogP contribution in [0.15, 0.2) is 42.5 Å². The maximum absolute atomic E-state index is 13.2. The van der Waals surface area contributed by atoms with Gasteiger partial charge in [-0.3, -0.25) is 9.69 Å². The zero-order valence-corrected chi connectivity index (χ0v) is 17.5. The van der Waals surface area contributed by atoms with Crippen LogP contribution in [-0.4, -0.2) is 43.0 Å². The van der Waals surface area contributed by atoms with E-state index in [1.165, 1.54) is 5.56 Å². The summed E-state index contributed by atoms with van der Waals surface area (Å²) in [5.41, 5.74) is 2.71. The first-order valence-corrected chi connectivity index (χ1v) is 10.3. The summed E-state index contributed by atoms with van der Waals surface area (Å²) >= 11 is 7.84. The van der Waals surface area contributed by atoms with Gasteiger partial charge in [-0.1, -0.05) is 48.1 Å². The van der Waals surface area contributed by atoms with E-state index >= 15 is 0 Å². The Labute approximate surface area is 169 Å². The lowest BCUT2D eigenvalue weighted by Gasteiger charge is -2.21. The van der Waals surface area contributed by atoms with Crippen molar-refractivity contribution in [3.05, 3.63) is 58.6 Å². The van der Waals surface area contributed by atoms with E-state index in [4.69, 9.17) is 16.6 Å². The predicted octanol–water partition coefficient (Wildman–Crippen LogP) is 5.11. The van der Waals surface area contributed by atoms with Crippen molar-refractivity contribution in [2.45, 2.75) is 19.8 Å². The average molecular weight is 402 g/mol. The predicted molar refractivity (Wildman–Crippen MR) is 115 cm³/mol. The minimum Gasteiger partial charge on any atom is -0.309 e. The van der Waals surface area contributed by atoms with Crippen molar-refractivity contribution < 1.29 is 4.79 Å². The lowest BCUT2D eigenvalue weighted by molar-refractivity contribution is 0.0986. The molecule has 1 heterocycles. The summed E-state index contributed by atoms with van der Waals surface area (Å²) in [5.74, 6) is -0.103.